The number of tetrazole rings is 1. The van der Waals surface area contributed by atoms with Crippen molar-refractivity contribution in [3.8, 4) is 0 Å². The van der Waals surface area contributed by atoms with E-state index in [-0.39, 0.29) is 6.04 Å². The van der Waals surface area contributed by atoms with Gasteiger partial charge in [-0.05, 0) is 64.2 Å². The fourth-order valence-electron chi connectivity index (χ4n) is 3.90. The Kier molecular flexibility index (Phi) is 5.10. The molecule has 5 aromatic rings. The van der Waals surface area contributed by atoms with Gasteiger partial charge in [0, 0.05) is 24.5 Å². The highest BCUT2D eigenvalue weighted by molar-refractivity contribution is 5.84. The summed E-state index contributed by atoms with van der Waals surface area (Å²) in [6.45, 7) is 2.90. The largest absolute Gasteiger partial charge is 0.343 e. The van der Waals surface area contributed by atoms with Crippen LogP contribution in [0.15, 0.2) is 85.5 Å². The Morgan fingerprint density at radius 2 is 1.90 bits per heavy atom. The smallest absolute Gasteiger partial charge is 0.138 e. The third-order valence-corrected chi connectivity index (χ3v) is 5.47. The van der Waals surface area contributed by atoms with Crippen LogP contribution in [0.1, 0.15) is 35.3 Å². The predicted molar refractivity (Wildman–Crippen MR) is 122 cm³/mol. The van der Waals surface area contributed by atoms with Crippen molar-refractivity contribution in [1.82, 2.24) is 29.8 Å². The van der Waals surface area contributed by atoms with Crippen molar-refractivity contribution < 1.29 is 0 Å². The van der Waals surface area contributed by atoms with Gasteiger partial charge in [-0.2, -0.15) is 0 Å². The summed E-state index contributed by atoms with van der Waals surface area (Å²) in [5.74, 6) is 0. The van der Waals surface area contributed by atoms with Crippen LogP contribution >= 0.6 is 0 Å². The van der Waals surface area contributed by atoms with Crippen molar-refractivity contribution in [2.45, 2.75) is 19.5 Å². The molecule has 3 heterocycles. The van der Waals surface area contributed by atoms with Crippen LogP contribution in [0.3, 0.4) is 0 Å². The number of hydrogen-bond acceptors (Lipinski definition) is 4. The number of aromatic nitrogens is 6. The zero-order valence-corrected chi connectivity index (χ0v) is 17.2. The number of fused-ring (bicyclic) bond motifs is 1. The van der Waals surface area contributed by atoms with Gasteiger partial charge in [0.05, 0.1) is 17.3 Å². The molecule has 0 fully saturated rings. The average molecular weight is 406 g/mol. The summed E-state index contributed by atoms with van der Waals surface area (Å²) in [7, 11) is 0. The first-order chi connectivity index (χ1) is 15.3. The minimum atomic E-state index is 0.0417. The molecule has 6 nitrogen and oxygen atoms in total. The summed E-state index contributed by atoms with van der Waals surface area (Å²) >= 11 is 0. The number of para-hydroxylation sites is 1. The number of pyridine rings is 1. The zero-order chi connectivity index (χ0) is 21.0. The van der Waals surface area contributed by atoms with Gasteiger partial charge in [0.25, 0.3) is 0 Å². The summed E-state index contributed by atoms with van der Waals surface area (Å²) in [6.07, 6.45) is 9.76. The van der Waals surface area contributed by atoms with E-state index in [1.807, 2.05) is 24.3 Å². The van der Waals surface area contributed by atoms with Crippen molar-refractivity contribution in [3.63, 3.8) is 0 Å². The molecule has 0 N–H and O–H groups in total. The van der Waals surface area contributed by atoms with E-state index in [0.29, 0.717) is 0 Å². The van der Waals surface area contributed by atoms with Crippen LogP contribution in [0.4, 0.5) is 0 Å². The van der Waals surface area contributed by atoms with Crippen molar-refractivity contribution in [3.05, 3.63) is 108 Å². The lowest BCUT2D eigenvalue weighted by Crippen LogP contribution is -2.10. The predicted octanol–water partition coefficient (Wildman–Crippen LogP) is 4.85. The summed E-state index contributed by atoms with van der Waals surface area (Å²) < 4.78 is 4.09. The van der Waals surface area contributed by atoms with Crippen molar-refractivity contribution >= 4 is 23.1 Å². The Balaban J connectivity index is 1.45. The summed E-state index contributed by atoms with van der Waals surface area (Å²) in [4.78, 5) is 4.35. The average Bonchev–Trinajstić information content (AvgIpc) is 3.49. The Hall–Kier alpha value is -4.06. The van der Waals surface area contributed by atoms with E-state index in [0.717, 1.165) is 17.8 Å². The van der Waals surface area contributed by atoms with Crippen LogP contribution in [0, 0.1) is 0 Å². The van der Waals surface area contributed by atoms with Crippen molar-refractivity contribution in [2.24, 2.45) is 0 Å². The molecule has 5 rings (SSSR count). The molecule has 0 saturated heterocycles. The molecular formula is C25H22N6. The molecule has 0 aliphatic rings. The minimum Gasteiger partial charge on any atom is -0.343 e. The monoisotopic (exact) mass is 406 g/mol. The third-order valence-electron chi connectivity index (χ3n) is 5.47. The molecule has 1 unspecified atom stereocenters. The number of benzene rings is 2. The van der Waals surface area contributed by atoms with E-state index in [2.05, 4.69) is 92.8 Å². The summed E-state index contributed by atoms with van der Waals surface area (Å²) in [5.41, 5.74) is 5.75. The molecule has 0 aliphatic heterocycles. The minimum absolute atomic E-state index is 0.0417. The highest BCUT2D eigenvalue weighted by Crippen LogP contribution is 2.28. The lowest BCUT2D eigenvalue weighted by atomic mass is 10.0. The van der Waals surface area contributed by atoms with Gasteiger partial charge >= 0.3 is 0 Å². The van der Waals surface area contributed by atoms with Gasteiger partial charge in [-0.25, -0.2) is 4.68 Å². The Labute approximate surface area is 180 Å². The van der Waals surface area contributed by atoms with Gasteiger partial charge in [0.15, 0.2) is 0 Å². The maximum atomic E-state index is 4.35. The summed E-state index contributed by atoms with van der Waals surface area (Å²) in [6, 6.07) is 23.1. The second-order valence-electron chi connectivity index (χ2n) is 7.53. The maximum Gasteiger partial charge on any atom is 0.138 e. The first kappa shape index (κ1) is 18.9. The van der Waals surface area contributed by atoms with Crippen LogP contribution in [-0.2, 0) is 6.54 Å². The molecular weight excluding hydrogens is 384 g/mol. The van der Waals surface area contributed by atoms with Crippen LogP contribution < -0.4 is 0 Å². The van der Waals surface area contributed by atoms with Gasteiger partial charge in [0.2, 0.25) is 0 Å². The number of hydrogen-bond donors (Lipinski definition) is 0. The van der Waals surface area contributed by atoms with E-state index in [4.69, 9.17) is 0 Å². The topological polar surface area (TPSA) is 61.4 Å². The number of nitrogens with zero attached hydrogens (tertiary/aromatic N) is 6. The molecule has 0 amide bonds. The number of rotatable bonds is 6. The van der Waals surface area contributed by atoms with E-state index in [9.17, 15) is 0 Å². The highest BCUT2D eigenvalue weighted by atomic mass is 15.5. The molecule has 2 aromatic carbocycles. The highest BCUT2D eigenvalue weighted by Gasteiger charge is 2.15. The van der Waals surface area contributed by atoms with Gasteiger partial charge in [-0.15, -0.1) is 5.10 Å². The fourth-order valence-corrected chi connectivity index (χ4v) is 3.90. The van der Waals surface area contributed by atoms with E-state index in [1.165, 1.54) is 22.0 Å². The lowest BCUT2D eigenvalue weighted by Gasteiger charge is -2.15. The Morgan fingerprint density at radius 1 is 0.968 bits per heavy atom. The lowest BCUT2D eigenvalue weighted by molar-refractivity contribution is 0.544. The second-order valence-corrected chi connectivity index (χ2v) is 7.53. The molecule has 3 aromatic heterocycles. The van der Waals surface area contributed by atoms with Crippen LogP contribution in [0.2, 0.25) is 0 Å². The van der Waals surface area contributed by atoms with E-state index < -0.39 is 0 Å². The van der Waals surface area contributed by atoms with Crippen molar-refractivity contribution in [2.75, 3.05) is 0 Å². The van der Waals surface area contributed by atoms with Gasteiger partial charge < -0.3 is 4.57 Å². The van der Waals surface area contributed by atoms with E-state index >= 15 is 0 Å². The summed E-state index contributed by atoms with van der Waals surface area (Å²) in [5, 5.41) is 12.9. The van der Waals surface area contributed by atoms with Gasteiger partial charge in [-0.1, -0.05) is 48.5 Å². The van der Waals surface area contributed by atoms with Crippen LogP contribution in [-0.4, -0.2) is 29.8 Å². The van der Waals surface area contributed by atoms with E-state index in [1.54, 1.807) is 17.2 Å². The molecule has 6 heteroatoms. The molecule has 152 valence electrons. The van der Waals surface area contributed by atoms with Crippen LogP contribution in [0.25, 0.3) is 23.1 Å². The molecule has 0 aliphatic carbocycles. The maximum absolute atomic E-state index is 4.35. The van der Waals surface area contributed by atoms with Crippen molar-refractivity contribution in [1.29, 1.82) is 0 Å². The molecule has 31 heavy (non-hydrogen) atoms. The zero-order valence-electron chi connectivity index (χ0n) is 17.2. The molecule has 1 atom stereocenters. The third kappa shape index (κ3) is 4.00. The van der Waals surface area contributed by atoms with Crippen LogP contribution in [0.5, 0.6) is 0 Å². The first-order valence-corrected chi connectivity index (χ1v) is 10.3. The standard InChI is InChI=1S/C25H22N6/c1-19(31-18-27-28-29-31)24-10-5-8-22-13-15-30(25(22)24)17-21-7-4-6-20(16-21)11-12-23-9-2-3-14-26-23/h2-16,18-19H,17H2,1H3/b12-11+. The SMILES string of the molecule is CC(c1cccc2ccn(Cc3cccc(/C=C/c4ccccn4)c3)c12)n1cnnn1. The first-order valence-electron chi connectivity index (χ1n) is 10.3. The molecule has 0 radical (unpaired) electrons. The Morgan fingerprint density at radius 3 is 2.74 bits per heavy atom. The molecule has 0 spiro atoms. The van der Waals surface area contributed by atoms with Gasteiger partial charge in [-0.3, -0.25) is 4.98 Å². The second kappa shape index (κ2) is 8.36. The molecule has 0 bridgehead atoms. The van der Waals surface area contributed by atoms with Gasteiger partial charge in [0.1, 0.15) is 6.33 Å². The molecule has 0 saturated carbocycles. The quantitative estimate of drug-likeness (QED) is 0.404. The normalized spacial score (nSPS) is 12.5. The fraction of sp³-hybridized carbons (Fsp3) is 0.120. The Bertz CT molecular complexity index is 1320.